The number of rotatable bonds is 14. The molecule has 0 aliphatic heterocycles. The molecule has 1 unspecified atom stereocenters. The van der Waals surface area contributed by atoms with E-state index in [0.717, 1.165) is 45.8 Å². The largest absolute Gasteiger partial charge is 1.00 e. The Kier molecular flexibility index (Phi) is 14.1. The number of carboxylic acids is 1. The van der Waals surface area contributed by atoms with Gasteiger partial charge in [-0.25, -0.2) is 4.79 Å². The molecule has 9 heteroatoms. The summed E-state index contributed by atoms with van der Waals surface area (Å²) in [6.07, 6.45) is 9.09. The number of amides is 1. The van der Waals surface area contributed by atoms with Gasteiger partial charge < -0.3 is 21.0 Å². The molecule has 1 fully saturated rings. The van der Waals surface area contributed by atoms with Crippen molar-refractivity contribution in [3.05, 3.63) is 106 Å². The van der Waals surface area contributed by atoms with E-state index in [1.54, 1.807) is 17.8 Å². The molecule has 1 saturated carbocycles. The van der Waals surface area contributed by atoms with Crippen molar-refractivity contribution in [3.63, 3.8) is 0 Å². The van der Waals surface area contributed by atoms with E-state index in [-0.39, 0.29) is 26.4 Å². The zero-order chi connectivity index (χ0) is 32.5. The zero-order valence-corrected chi connectivity index (χ0v) is 29.0. The Bertz CT molecular complexity index is 1630. The Hall–Kier alpha value is -2.92. The van der Waals surface area contributed by atoms with E-state index in [1.165, 1.54) is 32.1 Å². The fourth-order valence-electron chi connectivity index (χ4n) is 6.19. The summed E-state index contributed by atoms with van der Waals surface area (Å²) in [5, 5.41) is 13.2. The maximum Gasteiger partial charge on any atom is 1.00 e. The van der Waals surface area contributed by atoms with Crippen molar-refractivity contribution in [2.45, 2.75) is 70.6 Å². The van der Waals surface area contributed by atoms with Crippen molar-refractivity contribution < 1.29 is 44.1 Å². The zero-order valence-electron chi connectivity index (χ0n) is 28.5. The van der Waals surface area contributed by atoms with Crippen LogP contribution in [0.3, 0.4) is 0 Å². The number of halogens is 1. The first kappa shape index (κ1) is 36.9. The van der Waals surface area contributed by atoms with Crippen LogP contribution < -0.4 is 24.2 Å². The Labute approximate surface area is 300 Å². The number of nitrogens with one attached hydrogen (secondary N) is 1. The summed E-state index contributed by atoms with van der Waals surface area (Å²) in [6, 6.07) is 24.2. The number of furan rings is 1. The van der Waals surface area contributed by atoms with Gasteiger partial charge in [-0.05, 0) is 108 Å². The summed E-state index contributed by atoms with van der Waals surface area (Å²) in [4.78, 5) is 25.4. The third-order valence-corrected chi connectivity index (χ3v) is 9.67. The number of carbonyl (C=O) groups is 2. The molecule has 1 amide bonds. The molecule has 0 radical (unpaired) electrons. The van der Waals surface area contributed by atoms with Crippen molar-refractivity contribution >= 4 is 35.2 Å². The van der Waals surface area contributed by atoms with Gasteiger partial charge in [0.05, 0.1) is 6.61 Å². The summed E-state index contributed by atoms with van der Waals surface area (Å²) in [5.74, 6) is 1.35. The predicted octanol–water partition coefficient (Wildman–Crippen LogP) is 6.86. The average Bonchev–Trinajstić information content (AvgIpc) is 3.56. The molecule has 6 nitrogen and oxygen atoms in total. The number of hydrogen-bond acceptors (Lipinski definition) is 5. The molecule has 1 heterocycles. The van der Waals surface area contributed by atoms with E-state index in [1.807, 2.05) is 86.0 Å². The fraction of sp³-hybridized carbons (Fsp3) is 0.368. The molecule has 4 aromatic rings. The van der Waals surface area contributed by atoms with E-state index >= 15 is 0 Å². The van der Waals surface area contributed by atoms with Gasteiger partial charge in [-0.2, -0.15) is 11.8 Å². The number of aryl methyl sites for hydroxylation is 1. The van der Waals surface area contributed by atoms with Crippen molar-refractivity contribution in [2.24, 2.45) is 5.92 Å². The van der Waals surface area contributed by atoms with Crippen LogP contribution in [0.1, 0.15) is 79.7 Å². The van der Waals surface area contributed by atoms with Crippen molar-refractivity contribution in [1.82, 2.24) is 5.32 Å². The minimum absolute atomic E-state index is 0. The van der Waals surface area contributed by atoms with E-state index in [9.17, 15) is 14.7 Å². The molecule has 1 aliphatic carbocycles. The van der Waals surface area contributed by atoms with Crippen LogP contribution in [0.5, 0.6) is 0 Å². The molecular weight excluding hydrogens is 625 g/mol. The van der Waals surface area contributed by atoms with E-state index in [2.05, 4.69) is 5.32 Å². The second kappa shape index (κ2) is 18.0. The monoisotopic (exact) mass is 667 g/mol. The quantitative estimate of drug-likeness (QED) is 0.143. The van der Waals surface area contributed by atoms with Crippen LogP contribution in [0.15, 0.2) is 83.3 Å². The van der Waals surface area contributed by atoms with Crippen molar-refractivity contribution in [1.29, 1.82) is 0 Å². The summed E-state index contributed by atoms with van der Waals surface area (Å²) >= 11 is 7.66. The molecule has 5 rings (SSSR count). The summed E-state index contributed by atoms with van der Waals surface area (Å²) in [6.45, 7) is 2.34. The maximum atomic E-state index is 13.5. The number of aliphatic carboxylic acids is 1. The maximum absolute atomic E-state index is 13.5. The van der Waals surface area contributed by atoms with E-state index in [0.29, 0.717) is 35.3 Å². The van der Waals surface area contributed by atoms with Crippen LogP contribution in [0.2, 0.25) is 5.02 Å². The van der Waals surface area contributed by atoms with Crippen LogP contribution in [-0.2, 0) is 16.1 Å². The normalized spacial score (nSPS) is 14.6. The smallest absolute Gasteiger partial charge is 1.00 e. The number of benzene rings is 3. The second-order valence-electron chi connectivity index (χ2n) is 12.1. The van der Waals surface area contributed by atoms with Gasteiger partial charge in [0.2, 0.25) is 0 Å². The summed E-state index contributed by atoms with van der Waals surface area (Å²) < 4.78 is 13.0. The molecule has 3 aromatic carbocycles. The van der Waals surface area contributed by atoms with Gasteiger partial charge in [0, 0.05) is 16.1 Å². The van der Waals surface area contributed by atoms with Crippen LogP contribution in [0, 0.1) is 12.8 Å². The van der Waals surface area contributed by atoms with Gasteiger partial charge in [0.15, 0.2) is 0 Å². The van der Waals surface area contributed by atoms with E-state index in [4.69, 9.17) is 20.8 Å². The second-order valence-corrected chi connectivity index (χ2v) is 13.5. The first-order valence-electron chi connectivity index (χ1n) is 16.0. The van der Waals surface area contributed by atoms with Crippen LogP contribution in [-0.4, -0.2) is 35.0 Å². The minimum atomic E-state index is -1.04. The van der Waals surface area contributed by atoms with Gasteiger partial charge >= 0.3 is 24.8 Å². The molecule has 0 spiro atoms. The van der Waals surface area contributed by atoms with E-state index < -0.39 is 17.9 Å². The fourth-order valence-corrected chi connectivity index (χ4v) is 6.79. The van der Waals surface area contributed by atoms with Crippen molar-refractivity contribution in [3.8, 4) is 22.5 Å². The molecule has 0 saturated heterocycles. The SMILES string of the molecule is CSCC[C@H](NC(=O)c1ccc(COC(CC2CCCCC2)c2ccc(-c3ccc(Cl)cc3)o2)cc1-c1ccccc1C)C(=O)O.[H-].[Li+]. The third kappa shape index (κ3) is 10.0. The number of hydrogen-bond donors (Lipinski definition) is 2. The molecule has 2 N–H and O–H groups in total. The number of thioether (sulfide) groups is 1. The first-order chi connectivity index (χ1) is 22.3. The Morgan fingerprint density at radius 1 is 1.02 bits per heavy atom. The van der Waals surface area contributed by atoms with Gasteiger partial charge in [-0.3, -0.25) is 4.79 Å². The topological polar surface area (TPSA) is 88.8 Å². The third-order valence-electron chi connectivity index (χ3n) is 8.77. The van der Waals surface area contributed by atoms with Gasteiger partial charge in [-0.1, -0.05) is 74.0 Å². The molecule has 244 valence electrons. The molecule has 0 bridgehead atoms. The number of carboxylic acid groups (broad SMARTS) is 1. The Morgan fingerprint density at radius 2 is 1.77 bits per heavy atom. The van der Waals surface area contributed by atoms with Crippen molar-refractivity contribution in [2.75, 3.05) is 12.0 Å². The average molecular weight is 668 g/mol. The van der Waals surface area contributed by atoms with Gasteiger partial charge in [0.1, 0.15) is 23.7 Å². The molecule has 2 atom stereocenters. The Balaban J connectivity index is 0.00000312. The van der Waals surface area contributed by atoms with Gasteiger partial charge in [-0.15, -0.1) is 0 Å². The summed E-state index contributed by atoms with van der Waals surface area (Å²) in [7, 11) is 0. The predicted molar refractivity (Wildman–Crippen MR) is 187 cm³/mol. The first-order valence-corrected chi connectivity index (χ1v) is 17.8. The molecule has 1 aromatic heterocycles. The summed E-state index contributed by atoms with van der Waals surface area (Å²) in [5.41, 5.74) is 5.01. The van der Waals surface area contributed by atoms with Crippen LogP contribution >= 0.6 is 23.4 Å². The minimum Gasteiger partial charge on any atom is -1.00 e. The molecule has 1 aliphatic rings. The van der Waals surface area contributed by atoms with Crippen LogP contribution in [0.25, 0.3) is 22.5 Å². The Morgan fingerprint density at radius 3 is 2.47 bits per heavy atom. The number of carbonyl (C=O) groups excluding carboxylic acids is 1. The standard InChI is InChI=1S/C38H42ClNO5S.Li.H/c1-25-8-6-7-11-30(25)32-22-27(12-17-31(32)37(41)40-33(38(42)43)20-21-46-2)24-44-36(23-26-9-4-3-5-10-26)35-19-18-34(45-35)28-13-15-29(39)16-14-28;;/h6-8,11-19,22,26,33,36H,3-5,9-10,20-21,23-24H2,1-2H3,(H,40,41)(H,42,43);;/q;+1;-1/t33-,36?;;/m0../s1. The molecular formula is C38H43ClLiNO5S. The molecule has 47 heavy (non-hydrogen) atoms. The number of ether oxygens (including phenoxy) is 1. The van der Waals surface area contributed by atoms with Gasteiger partial charge in [0.25, 0.3) is 5.91 Å². The van der Waals surface area contributed by atoms with Crippen LogP contribution in [0.4, 0.5) is 0 Å².